The number of carbonyl (C=O) groups excluding carboxylic acids is 1. The van der Waals surface area contributed by atoms with Crippen molar-refractivity contribution in [1.82, 2.24) is 10.2 Å². The van der Waals surface area contributed by atoms with Crippen LogP contribution in [-0.2, 0) is 11.2 Å². The fourth-order valence-electron chi connectivity index (χ4n) is 1.34. The van der Waals surface area contributed by atoms with Gasteiger partial charge in [0.1, 0.15) is 0 Å². The topological polar surface area (TPSA) is 83.8 Å². The van der Waals surface area contributed by atoms with Gasteiger partial charge < -0.3 is 11.1 Å². The fraction of sp³-hybridized carbons (Fsp3) is 0.636. The monoisotopic (exact) mass is 224 g/mol. The Kier molecular flexibility index (Phi) is 4.49. The third-order valence-electron chi connectivity index (χ3n) is 2.42. The Labute approximate surface area is 95.8 Å². The zero-order valence-electron chi connectivity index (χ0n) is 10.1. The van der Waals surface area contributed by atoms with Crippen LogP contribution in [0.2, 0.25) is 0 Å². The molecule has 0 aromatic carbocycles. The number of hydrogen-bond donors (Lipinski definition) is 3. The van der Waals surface area contributed by atoms with E-state index in [1.54, 1.807) is 0 Å². The number of anilines is 1. The number of nitrogens with zero attached hydrogens (tertiary/aromatic N) is 1. The standard InChI is InChI=1S/C11H20N4O/c1-4-5-8-6-9(15-14-8)13-11(16)10(12)7(2)3/h6-7,10H,4-5,12H2,1-3H3,(H2,13,14,15,16)/t10-/m0/s1. The molecule has 5 nitrogen and oxygen atoms in total. The molecular weight excluding hydrogens is 204 g/mol. The van der Waals surface area contributed by atoms with Gasteiger partial charge in [-0.1, -0.05) is 27.2 Å². The van der Waals surface area contributed by atoms with Crippen LogP contribution >= 0.6 is 0 Å². The van der Waals surface area contributed by atoms with Gasteiger partial charge >= 0.3 is 0 Å². The Hall–Kier alpha value is -1.36. The zero-order valence-corrected chi connectivity index (χ0v) is 10.1. The van der Waals surface area contributed by atoms with Crippen molar-refractivity contribution in [3.63, 3.8) is 0 Å². The van der Waals surface area contributed by atoms with Gasteiger partial charge in [0.25, 0.3) is 0 Å². The van der Waals surface area contributed by atoms with E-state index in [0.29, 0.717) is 5.82 Å². The molecule has 0 aliphatic carbocycles. The molecule has 4 N–H and O–H groups in total. The van der Waals surface area contributed by atoms with E-state index in [1.807, 2.05) is 19.9 Å². The van der Waals surface area contributed by atoms with Crippen LogP contribution in [0.1, 0.15) is 32.9 Å². The second-order valence-electron chi connectivity index (χ2n) is 4.29. The second-order valence-corrected chi connectivity index (χ2v) is 4.29. The average Bonchev–Trinajstić information content (AvgIpc) is 2.65. The molecule has 1 rings (SSSR count). The first kappa shape index (κ1) is 12.7. The highest BCUT2D eigenvalue weighted by atomic mass is 16.2. The Morgan fingerprint density at radius 3 is 2.88 bits per heavy atom. The molecule has 0 spiro atoms. The lowest BCUT2D eigenvalue weighted by Crippen LogP contribution is -2.39. The highest BCUT2D eigenvalue weighted by Crippen LogP contribution is 2.08. The SMILES string of the molecule is CCCc1cc(NC(=O)[C@@H](N)C(C)C)n[nH]1. The van der Waals surface area contributed by atoms with E-state index in [-0.39, 0.29) is 11.8 Å². The first-order valence-corrected chi connectivity index (χ1v) is 5.65. The number of rotatable bonds is 5. The molecule has 0 aliphatic rings. The molecule has 0 saturated carbocycles. The summed E-state index contributed by atoms with van der Waals surface area (Å²) < 4.78 is 0. The number of hydrogen-bond acceptors (Lipinski definition) is 3. The normalized spacial score (nSPS) is 12.8. The molecule has 0 saturated heterocycles. The number of nitrogens with two attached hydrogens (primary N) is 1. The van der Waals surface area contributed by atoms with Crippen LogP contribution in [0, 0.1) is 5.92 Å². The van der Waals surface area contributed by atoms with Gasteiger partial charge in [-0.15, -0.1) is 0 Å². The third kappa shape index (κ3) is 3.34. The summed E-state index contributed by atoms with van der Waals surface area (Å²) in [6.45, 7) is 5.92. The summed E-state index contributed by atoms with van der Waals surface area (Å²) in [5, 5.41) is 9.57. The predicted octanol–water partition coefficient (Wildman–Crippen LogP) is 1.28. The quantitative estimate of drug-likeness (QED) is 0.704. The summed E-state index contributed by atoms with van der Waals surface area (Å²) in [5.41, 5.74) is 6.75. The Morgan fingerprint density at radius 1 is 1.62 bits per heavy atom. The van der Waals surface area contributed by atoms with Crippen molar-refractivity contribution in [2.24, 2.45) is 11.7 Å². The highest BCUT2D eigenvalue weighted by Gasteiger charge is 2.17. The lowest BCUT2D eigenvalue weighted by Gasteiger charge is -2.13. The van der Waals surface area contributed by atoms with Crippen LogP contribution < -0.4 is 11.1 Å². The molecule has 1 heterocycles. The molecule has 1 aromatic rings. The van der Waals surface area contributed by atoms with E-state index in [2.05, 4.69) is 22.4 Å². The summed E-state index contributed by atoms with van der Waals surface area (Å²) in [5.74, 6) is 0.475. The molecule has 0 unspecified atom stereocenters. The summed E-state index contributed by atoms with van der Waals surface area (Å²) in [4.78, 5) is 11.6. The van der Waals surface area contributed by atoms with Crippen molar-refractivity contribution in [3.05, 3.63) is 11.8 Å². The Balaban J connectivity index is 2.56. The number of carbonyl (C=O) groups is 1. The van der Waals surface area contributed by atoms with Crippen LogP contribution in [0.15, 0.2) is 6.07 Å². The molecule has 0 fully saturated rings. The van der Waals surface area contributed by atoms with Crippen molar-refractivity contribution in [1.29, 1.82) is 0 Å². The van der Waals surface area contributed by atoms with Crippen molar-refractivity contribution in [3.8, 4) is 0 Å². The Morgan fingerprint density at radius 2 is 2.31 bits per heavy atom. The molecular formula is C11H20N4O. The lowest BCUT2D eigenvalue weighted by atomic mass is 10.1. The van der Waals surface area contributed by atoms with E-state index in [1.165, 1.54) is 0 Å². The molecule has 0 radical (unpaired) electrons. The van der Waals surface area contributed by atoms with Gasteiger partial charge in [0.2, 0.25) is 5.91 Å². The highest BCUT2D eigenvalue weighted by molar-refractivity contribution is 5.94. The number of nitrogens with one attached hydrogen (secondary N) is 2. The largest absolute Gasteiger partial charge is 0.320 e. The lowest BCUT2D eigenvalue weighted by molar-refractivity contribution is -0.118. The number of aromatic amines is 1. The number of aromatic nitrogens is 2. The van der Waals surface area contributed by atoms with Crippen molar-refractivity contribution in [2.75, 3.05) is 5.32 Å². The minimum atomic E-state index is -0.494. The maximum atomic E-state index is 11.6. The summed E-state index contributed by atoms with van der Waals surface area (Å²) >= 11 is 0. The molecule has 0 aliphatic heterocycles. The molecule has 1 amide bonds. The molecule has 5 heteroatoms. The van der Waals surface area contributed by atoms with Crippen LogP contribution in [0.25, 0.3) is 0 Å². The molecule has 1 aromatic heterocycles. The number of H-pyrrole nitrogens is 1. The first-order valence-electron chi connectivity index (χ1n) is 5.65. The minimum Gasteiger partial charge on any atom is -0.320 e. The van der Waals surface area contributed by atoms with Crippen LogP contribution in [0.4, 0.5) is 5.82 Å². The van der Waals surface area contributed by atoms with Gasteiger partial charge in [-0.25, -0.2) is 0 Å². The van der Waals surface area contributed by atoms with E-state index in [4.69, 9.17) is 5.73 Å². The predicted molar refractivity (Wildman–Crippen MR) is 64.0 cm³/mol. The number of aryl methyl sites for hydroxylation is 1. The summed E-state index contributed by atoms with van der Waals surface area (Å²) in [7, 11) is 0. The molecule has 0 bridgehead atoms. The second kappa shape index (κ2) is 5.65. The maximum absolute atomic E-state index is 11.6. The molecule has 90 valence electrons. The average molecular weight is 224 g/mol. The van der Waals surface area contributed by atoms with Gasteiger partial charge in [-0.2, -0.15) is 5.10 Å². The van der Waals surface area contributed by atoms with Gasteiger partial charge in [0.05, 0.1) is 6.04 Å². The van der Waals surface area contributed by atoms with Crippen molar-refractivity contribution in [2.45, 2.75) is 39.7 Å². The smallest absolute Gasteiger partial charge is 0.242 e. The molecule has 1 atom stereocenters. The van der Waals surface area contributed by atoms with Gasteiger partial charge in [-0.05, 0) is 12.3 Å². The maximum Gasteiger partial charge on any atom is 0.242 e. The van der Waals surface area contributed by atoms with Gasteiger partial charge in [0.15, 0.2) is 5.82 Å². The fourth-order valence-corrected chi connectivity index (χ4v) is 1.34. The van der Waals surface area contributed by atoms with Gasteiger partial charge in [-0.3, -0.25) is 9.89 Å². The van der Waals surface area contributed by atoms with Crippen molar-refractivity contribution >= 4 is 11.7 Å². The van der Waals surface area contributed by atoms with Gasteiger partial charge in [0, 0.05) is 11.8 Å². The summed E-state index contributed by atoms with van der Waals surface area (Å²) in [6.07, 6.45) is 1.97. The first-order chi connectivity index (χ1) is 7.54. The number of amides is 1. The minimum absolute atomic E-state index is 0.119. The van der Waals surface area contributed by atoms with Crippen LogP contribution in [-0.4, -0.2) is 22.1 Å². The van der Waals surface area contributed by atoms with Crippen LogP contribution in [0.5, 0.6) is 0 Å². The zero-order chi connectivity index (χ0) is 12.1. The van der Waals surface area contributed by atoms with Crippen LogP contribution in [0.3, 0.4) is 0 Å². The van der Waals surface area contributed by atoms with E-state index >= 15 is 0 Å². The van der Waals surface area contributed by atoms with E-state index in [0.717, 1.165) is 18.5 Å². The third-order valence-corrected chi connectivity index (χ3v) is 2.42. The summed E-state index contributed by atoms with van der Waals surface area (Å²) in [6, 6.07) is 1.35. The van der Waals surface area contributed by atoms with Crippen molar-refractivity contribution < 1.29 is 4.79 Å². The van der Waals surface area contributed by atoms with E-state index in [9.17, 15) is 4.79 Å². The Bertz CT molecular complexity index is 346. The molecule has 16 heavy (non-hydrogen) atoms. The van der Waals surface area contributed by atoms with E-state index < -0.39 is 6.04 Å².